The van der Waals surface area contributed by atoms with Gasteiger partial charge in [-0.2, -0.15) is 13.2 Å². The molecule has 0 atom stereocenters. The van der Waals surface area contributed by atoms with E-state index in [0.29, 0.717) is 38.4 Å². The van der Waals surface area contributed by atoms with Crippen LogP contribution in [0, 0.1) is 5.92 Å². The van der Waals surface area contributed by atoms with E-state index in [0.717, 1.165) is 24.6 Å². The average Bonchev–Trinajstić information content (AvgIpc) is 3.48. The highest BCUT2D eigenvalue weighted by molar-refractivity contribution is 5.48. The molecule has 0 N–H and O–H groups in total. The number of hydrogen-bond acceptors (Lipinski definition) is 4. The Morgan fingerprint density at radius 1 is 1.11 bits per heavy atom. The number of piperidine rings is 1. The molecule has 0 spiro atoms. The minimum Gasteiger partial charge on any atom is -0.356 e. The molecule has 5 nitrogen and oxygen atoms in total. The van der Waals surface area contributed by atoms with Crippen LogP contribution in [0.15, 0.2) is 35.5 Å². The van der Waals surface area contributed by atoms with Crippen LogP contribution in [0.4, 0.5) is 19.0 Å². The van der Waals surface area contributed by atoms with Gasteiger partial charge in [0.1, 0.15) is 5.82 Å². The van der Waals surface area contributed by atoms with Crippen LogP contribution in [0.1, 0.15) is 42.9 Å². The number of pyridine rings is 1. The van der Waals surface area contributed by atoms with Crippen molar-refractivity contribution in [2.75, 3.05) is 18.0 Å². The van der Waals surface area contributed by atoms with Crippen LogP contribution in [0.5, 0.6) is 0 Å². The Morgan fingerprint density at radius 2 is 1.85 bits per heavy atom. The predicted molar refractivity (Wildman–Crippen MR) is 94.6 cm³/mol. The minimum absolute atomic E-state index is 0.00364. The molecule has 0 aromatic carbocycles. The number of halogens is 3. The van der Waals surface area contributed by atoms with Crippen LogP contribution >= 0.6 is 0 Å². The van der Waals surface area contributed by atoms with Crippen LogP contribution in [-0.2, 0) is 12.7 Å². The summed E-state index contributed by atoms with van der Waals surface area (Å²) >= 11 is 0. The molecule has 0 unspecified atom stereocenters. The summed E-state index contributed by atoms with van der Waals surface area (Å²) < 4.78 is 41.2. The van der Waals surface area contributed by atoms with E-state index in [1.807, 2.05) is 0 Å². The van der Waals surface area contributed by atoms with Gasteiger partial charge in [0.05, 0.1) is 17.6 Å². The molecule has 1 aliphatic heterocycles. The summed E-state index contributed by atoms with van der Waals surface area (Å²) in [5.74, 6) is 0.679. The van der Waals surface area contributed by atoms with Crippen molar-refractivity contribution in [2.45, 2.75) is 44.3 Å². The summed E-state index contributed by atoms with van der Waals surface area (Å²) in [6, 6.07) is 4.00. The van der Waals surface area contributed by atoms with Gasteiger partial charge in [0.15, 0.2) is 0 Å². The molecule has 2 aromatic rings. The molecule has 2 fully saturated rings. The largest absolute Gasteiger partial charge is 0.419 e. The van der Waals surface area contributed by atoms with E-state index < -0.39 is 11.7 Å². The number of alkyl halides is 3. The van der Waals surface area contributed by atoms with Crippen molar-refractivity contribution in [3.8, 4) is 0 Å². The fraction of sp³-hybridized carbons (Fsp3) is 0.526. The van der Waals surface area contributed by atoms with E-state index in [4.69, 9.17) is 0 Å². The molecular formula is C19H21F3N4O. The van der Waals surface area contributed by atoms with Crippen LogP contribution in [0.2, 0.25) is 0 Å². The molecule has 0 amide bonds. The first-order valence-corrected chi connectivity index (χ1v) is 9.25. The number of hydrogen-bond donors (Lipinski definition) is 0. The molecule has 144 valence electrons. The summed E-state index contributed by atoms with van der Waals surface area (Å²) in [7, 11) is 0. The summed E-state index contributed by atoms with van der Waals surface area (Å²) in [4.78, 5) is 22.3. The van der Waals surface area contributed by atoms with Crippen molar-refractivity contribution in [3.05, 3.63) is 52.3 Å². The topological polar surface area (TPSA) is 51.0 Å². The van der Waals surface area contributed by atoms with Crippen molar-refractivity contribution in [1.29, 1.82) is 0 Å². The monoisotopic (exact) mass is 378 g/mol. The van der Waals surface area contributed by atoms with E-state index >= 15 is 0 Å². The molecule has 0 bridgehead atoms. The highest BCUT2D eigenvalue weighted by Gasteiger charge is 2.36. The third-order valence-corrected chi connectivity index (χ3v) is 5.36. The molecule has 8 heteroatoms. The first-order chi connectivity index (χ1) is 12.9. The number of rotatable bonds is 4. The molecular weight excluding hydrogens is 357 g/mol. The maximum atomic E-state index is 13.2. The summed E-state index contributed by atoms with van der Waals surface area (Å²) in [6.07, 6.45) is 2.22. The normalized spacial score (nSPS) is 18.7. The number of anilines is 1. The second-order valence-electron chi connectivity index (χ2n) is 7.38. The van der Waals surface area contributed by atoms with Crippen LogP contribution in [-0.4, -0.2) is 27.6 Å². The molecule has 1 saturated carbocycles. The second-order valence-corrected chi connectivity index (χ2v) is 7.38. The second kappa shape index (κ2) is 6.98. The lowest BCUT2D eigenvalue weighted by Crippen LogP contribution is -2.37. The molecule has 3 heterocycles. The Morgan fingerprint density at radius 3 is 2.48 bits per heavy atom. The van der Waals surface area contributed by atoms with Crippen LogP contribution in [0.25, 0.3) is 0 Å². The van der Waals surface area contributed by atoms with Crippen molar-refractivity contribution < 1.29 is 13.2 Å². The fourth-order valence-corrected chi connectivity index (χ4v) is 3.66. The average molecular weight is 378 g/mol. The molecule has 1 saturated heterocycles. The summed E-state index contributed by atoms with van der Waals surface area (Å²) in [6.45, 7) is 1.54. The lowest BCUT2D eigenvalue weighted by atomic mass is 9.96. The standard InChI is InChI=1S/C19H21F3N4O/c20-19(21,22)15-2-1-7-23-18(15)25-8-5-13(6-9-25)11-26-12-24-16(10-17(26)27)14-3-4-14/h1-2,7,10,12-14H,3-6,8-9,11H2. The van der Waals surface area contributed by atoms with Crippen LogP contribution in [0.3, 0.4) is 0 Å². The Balaban J connectivity index is 1.41. The van der Waals surface area contributed by atoms with Gasteiger partial charge in [0.2, 0.25) is 0 Å². The maximum absolute atomic E-state index is 13.2. The first kappa shape index (κ1) is 18.0. The lowest BCUT2D eigenvalue weighted by molar-refractivity contribution is -0.137. The molecule has 4 rings (SSSR count). The Hall–Kier alpha value is -2.38. The van der Waals surface area contributed by atoms with Gasteiger partial charge in [-0.3, -0.25) is 9.36 Å². The quantitative estimate of drug-likeness (QED) is 0.818. The Bertz CT molecular complexity index is 868. The maximum Gasteiger partial charge on any atom is 0.419 e. The van der Waals surface area contributed by atoms with Crippen LogP contribution < -0.4 is 10.5 Å². The molecule has 1 aliphatic carbocycles. The predicted octanol–water partition coefficient (Wildman–Crippen LogP) is 3.45. The van der Waals surface area contributed by atoms with Gasteiger partial charge < -0.3 is 4.90 Å². The number of aromatic nitrogens is 3. The zero-order chi connectivity index (χ0) is 19.0. The molecule has 2 aliphatic rings. The lowest BCUT2D eigenvalue weighted by Gasteiger charge is -2.34. The van der Waals surface area contributed by atoms with Gasteiger partial charge in [0.25, 0.3) is 5.56 Å². The third-order valence-electron chi connectivity index (χ3n) is 5.36. The molecule has 0 radical (unpaired) electrons. The third kappa shape index (κ3) is 3.99. The van der Waals surface area contributed by atoms with E-state index in [1.54, 1.807) is 21.9 Å². The Kier molecular flexibility index (Phi) is 4.65. The van der Waals surface area contributed by atoms with Crippen molar-refractivity contribution >= 4 is 5.82 Å². The SMILES string of the molecule is O=c1cc(C2CC2)ncn1CC1CCN(c2ncccc2C(F)(F)F)CC1. The highest BCUT2D eigenvalue weighted by Crippen LogP contribution is 2.38. The van der Waals surface area contributed by atoms with Gasteiger partial charge in [0, 0.05) is 37.8 Å². The van der Waals surface area contributed by atoms with E-state index in [9.17, 15) is 18.0 Å². The number of nitrogens with zero attached hydrogens (tertiary/aromatic N) is 4. The van der Waals surface area contributed by atoms with E-state index in [2.05, 4.69) is 9.97 Å². The highest BCUT2D eigenvalue weighted by atomic mass is 19.4. The minimum atomic E-state index is -4.41. The van der Waals surface area contributed by atoms with Crippen molar-refractivity contribution in [1.82, 2.24) is 14.5 Å². The van der Waals surface area contributed by atoms with Gasteiger partial charge in [-0.25, -0.2) is 9.97 Å². The smallest absolute Gasteiger partial charge is 0.356 e. The first-order valence-electron chi connectivity index (χ1n) is 9.25. The molecule has 2 aromatic heterocycles. The molecule has 27 heavy (non-hydrogen) atoms. The Labute approximate surface area is 154 Å². The van der Waals surface area contributed by atoms with E-state index in [1.165, 1.54) is 12.3 Å². The van der Waals surface area contributed by atoms with Gasteiger partial charge >= 0.3 is 6.18 Å². The zero-order valence-corrected chi connectivity index (χ0v) is 14.8. The van der Waals surface area contributed by atoms with E-state index in [-0.39, 0.29) is 17.3 Å². The fourth-order valence-electron chi connectivity index (χ4n) is 3.66. The van der Waals surface area contributed by atoms with Crippen molar-refractivity contribution in [3.63, 3.8) is 0 Å². The van der Waals surface area contributed by atoms with Gasteiger partial charge in [-0.1, -0.05) is 0 Å². The summed E-state index contributed by atoms with van der Waals surface area (Å²) in [5.41, 5.74) is 0.138. The van der Waals surface area contributed by atoms with Gasteiger partial charge in [-0.05, 0) is 43.7 Å². The summed E-state index contributed by atoms with van der Waals surface area (Å²) in [5, 5.41) is 0. The zero-order valence-electron chi connectivity index (χ0n) is 14.8. The van der Waals surface area contributed by atoms with Crippen molar-refractivity contribution in [2.24, 2.45) is 5.92 Å². The van der Waals surface area contributed by atoms with Gasteiger partial charge in [-0.15, -0.1) is 0 Å².